The molecule has 0 saturated heterocycles. The van der Waals surface area contributed by atoms with Crippen molar-refractivity contribution in [3.8, 4) is 0 Å². The molecule has 6 heteroatoms. The lowest BCUT2D eigenvalue weighted by atomic mass is 10.2. The van der Waals surface area contributed by atoms with Crippen molar-refractivity contribution >= 4 is 29.0 Å². The van der Waals surface area contributed by atoms with Gasteiger partial charge in [0.25, 0.3) is 5.91 Å². The van der Waals surface area contributed by atoms with Gasteiger partial charge in [0.15, 0.2) is 0 Å². The fourth-order valence-electron chi connectivity index (χ4n) is 1.97. The summed E-state index contributed by atoms with van der Waals surface area (Å²) < 4.78 is 13.3. The van der Waals surface area contributed by atoms with Crippen molar-refractivity contribution in [1.82, 2.24) is 4.98 Å². The number of halogens is 2. The minimum Gasteiger partial charge on any atom is -0.373 e. The van der Waals surface area contributed by atoms with Gasteiger partial charge in [-0.25, -0.2) is 9.37 Å². The predicted octanol–water partition coefficient (Wildman–Crippen LogP) is 3.58. The number of benzene rings is 1. The van der Waals surface area contributed by atoms with Gasteiger partial charge in [0.05, 0.1) is 10.6 Å². The number of amides is 1. The molecule has 1 aromatic carbocycles. The van der Waals surface area contributed by atoms with E-state index in [2.05, 4.69) is 10.3 Å². The van der Waals surface area contributed by atoms with Gasteiger partial charge in [-0.3, -0.25) is 4.79 Å². The summed E-state index contributed by atoms with van der Waals surface area (Å²) in [5.74, 6) is -0.152. The number of anilines is 2. The molecule has 0 aliphatic carbocycles. The Balaban J connectivity index is 2.41. The monoisotopic (exact) mass is 307 g/mol. The molecule has 0 aliphatic rings. The van der Waals surface area contributed by atoms with Gasteiger partial charge in [0.1, 0.15) is 11.6 Å². The molecule has 110 valence electrons. The molecule has 0 bridgehead atoms. The van der Waals surface area contributed by atoms with Gasteiger partial charge < -0.3 is 10.2 Å². The third kappa shape index (κ3) is 3.31. The Morgan fingerprint density at radius 2 is 2.19 bits per heavy atom. The SMILES string of the molecule is CCN(C(=O)c1cc(NC)ncc1Cl)c1cccc(F)c1. The summed E-state index contributed by atoms with van der Waals surface area (Å²) in [5.41, 5.74) is 0.809. The molecule has 2 rings (SSSR count). The van der Waals surface area contributed by atoms with Crippen molar-refractivity contribution in [2.45, 2.75) is 6.92 Å². The highest BCUT2D eigenvalue weighted by Gasteiger charge is 2.20. The zero-order chi connectivity index (χ0) is 15.4. The number of rotatable bonds is 4. The molecule has 1 aromatic heterocycles. The summed E-state index contributed by atoms with van der Waals surface area (Å²) in [6.45, 7) is 2.21. The fraction of sp³-hybridized carbons (Fsp3) is 0.200. The zero-order valence-electron chi connectivity index (χ0n) is 11.7. The molecule has 0 saturated carbocycles. The quantitative estimate of drug-likeness (QED) is 0.939. The van der Waals surface area contributed by atoms with Crippen LogP contribution in [0.25, 0.3) is 0 Å². The number of hydrogen-bond acceptors (Lipinski definition) is 3. The van der Waals surface area contributed by atoms with E-state index in [0.29, 0.717) is 23.6 Å². The van der Waals surface area contributed by atoms with Crippen LogP contribution in [0.3, 0.4) is 0 Å². The standard InChI is InChI=1S/C15H15ClFN3O/c1-3-20(11-6-4-5-10(17)7-11)15(21)12-8-14(18-2)19-9-13(12)16/h4-9H,3H2,1-2H3,(H,18,19). The molecule has 1 heterocycles. The van der Waals surface area contributed by atoms with E-state index in [4.69, 9.17) is 11.6 Å². The molecule has 2 aromatic rings. The maximum atomic E-state index is 13.3. The highest BCUT2D eigenvalue weighted by Crippen LogP contribution is 2.23. The second-order valence-corrected chi connectivity index (χ2v) is 4.74. The van der Waals surface area contributed by atoms with Crippen molar-refractivity contribution in [3.05, 3.63) is 52.9 Å². The first-order chi connectivity index (χ1) is 10.1. The maximum Gasteiger partial charge on any atom is 0.259 e. The molecular formula is C15H15ClFN3O. The van der Waals surface area contributed by atoms with Crippen LogP contribution in [0.4, 0.5) is 15.9 Å². The van der Waals surface area contributed by atoms with E-state index in [1.165, 1.54) is 23.2 Å². The molecule has 1 N–H and O–H groups in total. The minimum absolute atomic E-state index is 0.258. The first kappa shape index (κ1) is 15.3. The van der Waals surface area contributed by atoms with E-state index in [1.807, 2.05) is 6.92 Å². The van der Waals surface area contributed by atoms with E-state index >= 15 is 0 Å². The number of carbonyl (C=O) groups is 1. The van der Waals surface area contributed by atoms with Crippen LogP contribution in [-0.4, -0.2) is 24.5 Å². The minimum atomic E-state index is -0.393. The average molecular weight is 308 g/mol. The highest BCUT2D eigenvalue weighted by molar-refractivity contribution is 6.34. The summed E-state index contributed by atoms with van der Waals surface area (Å²) in [6, 6.07) is 7.47. The highest BCUT2D eigenvalue weighted by atomic mass is 35.5. The van der Waals surface area contributed by atoms with Crippen LogP contribution in [0.1, 0.15) is 17.3 Å². The number of carbonyl (C=O) groups excluding carboxylic acids is 1. The number of aromatic nitrogens is 1. The Bertz CT molecular complexity index is 663. The van der Waals surface area contributed by atoms with Crippen LogP contribution in [0.15, 0.2) is 36.5 Å². The van der Waals surface area contributed by atoms with Gasteiger partial charge in [-0.15, -0.1) is 0 Å². The molecular weight excluding hydrogens is 293 g/mol. The molecule has 0 atom stereocenters. The van der Waals surface area contributed by atoms with Gasteiger partial charge in [-0.2, -0.15) is 0 Å². The molecule has 1 amide bonds. The number of nitrogens with zero attached hydrogens (tertiary/aromatic N) is 2. The van der Waals surface area contributed by atoms with Crippen molar-refractivity contribution in [1.29, 1.82) is 0 Å². The summed E-state index contributed by atoms with van der Waals surface area (Å²) in [7, 11) is 1.70. The number of pyridine rings is 1. The predicted molar refractivity (Wildman–Crippen MR) is 82.5 cm³/mol. The Hall–Kier alpha value is -2.14. The molecule has 0 fully saturated rings. The molecule has 0 unspecified atom stereocenters. The second-order valence-electron chi connectivity index (χ2n) is 4.33. The lowest BCUT2D eigenvalue weighted by Crippen LogP contribution is -2.31. The second kappa shape index (κ2) is 6.54. The van der Waals surface area contributed by atoms with E-state index in [0.717, 1.165) is 0 Å². The van der Waals surface area contributed by atoms with Crippen LogP contribution >= 0.6 is 11.6 Å². The van der Waals surface area contributed by atoms with Crippen LogP contribution in [0.5, 0.6) is 0 Å². The lowest BCUT2D eigenvalue weighted by Gasteiger charge is -2.21. The van der Waals surface area contributed by atoms with Crippen molar-refractivity contribution < 1.29 is 9.18 Å². The fourth-order valence-corrected chi connectivity index (χ4v) is 2.16. The average Bonchev–Trinajstić information content (AvgIpc) is 2.48. The van der Waals surface area contributed by atoms with Gasteiger partial charge in [0, 0.05) is 25.5 Å². The largest absolute Gasteiger partial charge is 0.373 e. The first-order valence-corrected chi connectivity index (χ1v) is 6.85. The summed E-state index contributed by atoms with van der Waals surface area (Å²) in [5, 5.41) is 3.11. The Morgan fingerprint density at radius 3 is 2.81 bits per heavy atom. The van der Waals surface area contributed by atoms with Gasteiger partial charge in [-0.05, 0) is 31.2 Å². The Kier molecular flexibility index (Phi) is 4.75. The van der Waals surface area contributed by atoms with Crippen molar-refractivity contribution in [2.75, 3.05) is 23.8 Å². The number of hydrogen-bond donors (Lipinski definition) is 1. The maximum absolute atomic E-state index is 13.3. The van der Waals surface area contributed by atoms with E-state index in [1.54, 1.807) is 25.2 Å². The van der Waals surface area contributed by atoms with Gasteiger partial charge in [0.2, 0.25) is 0 Å². The van der Waals surface area contributed by atoms with Crippen LogP contribution < -0.4 is 10.2 Å². The third-order valence-corrected chi connectivity index (χ3v) is 3.32. The topological polar surface area (TPSA) is 45.2 Å². The van der Waals surface area contributed by atoms with Crippen molar-refractivity contribution in [3.63, 3.8) is 0 Å². The summed E-state index contributed by atoms with van der Waals surface area (Å²) in [6.07, 6.45) is 1.42. The third-order valence-electron chi connectivity index (χ3n) is 3.02. The van der Waals surface area contributed by atoms with Crippen LogP contribution in [0.2, 0.25) is 5.02 Å². The Morgan fingerprint density at radius 1 is 1.43 bits per heavy atom. The van der Waals surface area contributed by atoms with E-state index < -0.39 is 5.82 Å². The zero-order valence-corrected chi connectivity index (χ0v) is 12.5. The molecule has 0 radical (unpaired) electrons. The Labute approximate surface area is 127 Å². The first-order valence-electron chi connectivity index (χ1n) is 6.47. The van der Waals surface area contributed by atoms with E-state index in [9.17, 15) is 9.18 Å². The van der Waals surface area contributed by atoms with Gasteiger partial charge in [-0.1, -0.05) is 17.7 Å². The number of nitrogens with one attached hydrogen (secondary N) is 1. The van der Waals surface area contributed by atoms with Crippen LogP contribution in [-0.2, 0) is 0 Å². The van der Waals surface area contributed by atoms with Gasteiger partial charge >= 0.3 is 0 Å². The van der Waals surface area contributed by atoms with Crippen molar-refractivity contribution in [2.24, 2.45) is 0 Å². The lowest BCUT2D eigenvalue weighted by molar-refractivity contribution is 0.0988. The summed E-state index contributed by atoms with van der Waals surface area (Å²) >= 11 is 6.06. The summed E-state index contributed by atoms with van der Waals surface area (Å²) in [4.78, 5) is 18.1. The molecule has 0 spiro atoms. The molecule has 0 aliphatic heterocycles. The van der Waals surface area contributed by atoms with Crippen LogP contribution in [0, 0.1) is 5.82 Å². The molecule has 21 heavy (non-hydrogen) atoms. The van der Waals surface area contributed by atoms with E-state index in [-0.39, 0.29) is 10.9 Å². The molecule has 4 nitrogen and oxygen atoms in total. The smallest absolute Gasteiger partial charge is 0.259 e. The normalized spacial score (nSPS) is 10.3.